The molecular formula is C31H47N5O3Si. The summed E-state index contributed by atoms with van der Waals surface area (Å²) in [6.45, 7) is 16.8. The quantitative estimate of drug-likeness (QED) is 0.277. The normalized spacial score (nSPS) is 22.9. The van der Waals surface area contributed by atoms with Crippen molar-refractivity contribution in [1.82, 2.24) is 9.88 Å². The Kier molecular flexibility index (Phi) is 9.23. The van der Waals surface area contributed by atoms with E-state index in [-0.39, 0.29) is 35.6 Å². The Morgan fingerprint density at radius 1 is 1.20 bits per heavy atom. The van der Waals surface area contributed by atoms with E-state index in [0.29, 0.717) is 18.8 Å². The van der Waals surface area contributed by atoms with Gasteiger partial charge in [0, 0.05) is 26.3 Å². The molecule has 1 aromatic heterocycles. The Labute approximate surface area is 241 Å². The Balaban J connectivity index is 1.56. The van der Waals surface area contributed by atoms with Gasteiger partial charge >= 0.3 is 0 Å². The van der Waals surface area contributed by atoms with Gasteiger partial charge in [0.2, 0.25) is 0 Å². The summed E-state index contributed by atoms with van der Waals surface area (Å²) in [6.07, 6.45) is 8.30. The molecule has 0 radical (unpaired) electrons. The fourth-order valence-corrected chi connectivity index (χ4v) is 6.84. The first-order valence-corrected chi connectivity index (χ1v) is 18.5. The molecule has 1 fully saturated rings. The van der Waals surface area contributed by atoms with Crippen molar-refractivity contribution in [3.05, 3.63) is 29.6 Å². The predicted molar refractivity (Wildman–Crippen MR) is 163 cm³/mol. The van der Waals surface area contributed by atoms with Crippen LogP contribution in [0, 0.1) is 11.3 Å². The lowest BCUT2D eigenvalue weighted by Gasteiger charge is -2.45. The molecule has 0 aromatic carbocycles. The van der Waals surface area contributed by atoms with Crippen molar-refractivity contribution in [3.63, 3.8) is 0 Å². The molecule has 1 aliphatic carbocycles. The molecule has 1 atom stereocenters. The van der Waals surface area contributed by atoms with Crippen LogP contribution in [0.1, 0.15) is 83.5 Å². The van der Waals surface area contributed by atoms with E-state index in [0.717, 1.165) is 49.5 Å². The second-order valence-electron chi connectivity index (χ2n) is 14.0. The van der Waals surface area contributed by atoms with Crippen LogP contribution in [-0.4, -0.2) is 66.8 Å². The summed E-state index contributed by atoms with van der Waals surface area (Å²) in [5.74, 6) is 0.193. The Hall–Kier alpha value is -2.54. The van der Waals surface area contributed by atoms with Gasteiger partial charge in [0.25, 0.3) is 5.91 Å². The number of aromatic nitrogens is 1. The smallest absolute Gasteiger partial charge is 0.291 e. The molecule has 40 heavy (non-hydrogen) atoms. The molecule has 1 unspecified atom stereocenters. The van der Waals surface area contributed by atoms with Gasteiger partial charge in [-0.15, -0.1) is 0 Å². The number of nitriles is 1. The summed E-state index contributed by atoms with van der Waals surface area (Å²) in [5, 5.41) is 12.6. The first kappa shape index (κ1) is 30.4. The van der Waals surface area contributed by atoms with Crippen LogP contribution in [0.25, 0.3) is 5.57 Å². The first-order chi connectivity index (χ1) is 18.8. The maximum absolute atomic E-state index is 13.6. The van der Waals surface area contributed by atoms with Crippen LogP contribution in [0.15, 0.2) is 23.2 Å². The van der Waals surface area contributed by atoms with Gasteiger partial charge in [-0.05, 0) is 90.0 Å². The third kappa shape index (κ3) is 8.02. The second-order valence-corrected chi connectivity index (χ2v) is 19.6. The van der Waals surface area contributed by atoms with Crippen molar-refractivity contribution in [1.29, 1.82) is 5.26 Å². The fraction of sp³-hybridized carbons (Fsp3) is 0.677. The van der Waals surface area contributed by atoms with Gasteiger partial charge in [-0.1, -0.05) is 25.7 Å². The largest absolute Gasteiger partial charge is 0.370 e. The highest BCUT2D eigenvalue weighted by molar-refractivity contribution is 6.76. The summed E-state index contributed by atoms with van der Waals surface area (Å²) < 4.78 is 12.2. The van der Waals surface area contributed by atoms with E-state index < -0.39 is 14.1 Å². The minimum atomic E-state index is -1.23. The Morgan fingerprint density at radius 2 is 1.93 bits per heavy atom. The third-order valence-corrected chi connectivity index (χ3v) is 9.48. The molecule has 0 saturated carbocycles. The van der Waals surface area contributed by atoms with Crippen LogP contribution in [0.5, 0.6) is 0 Å². The molecule has 1 saturated heterocycles. The monoisotopic (exact) mass is 565 g/mol. The van der Waals surface area contributed by atoms with Gasteiger partial charge in [0.1, 0.15) is 6.73 Å². The highest BCUT2D eigenvalue weighted by Crippen LogP contribution is 2.43. The zero-order chi connectivity index (χ0) is 29.1. The maximum atomic E-state index is 13.6. The van der Waals surface area contributed by atoms with Gasteiger partial charge in [-0.25, -0.2) is 4.99 Å². The summed E-state index contributed by atoms with van der Waals surface area (Å²) in [7, 11) is -1.23. The van der Waals surface area contributed by atoms with Gasteiger partial charge in [-0.3, -0.25) is 9.78 Å². The van der Waals surface area contributed by atoms with Crippen molar-refractivity contribution >= 4 is 31.1 Å². The third-order valence-electron chi connectivity index (χ3n) is 7.77. The van der Waals surface area contributed by atoms with E-state index in [9.17, 15) is 10.1 Å². The van der Waals surface area contributed by atoms with Gasteiger partial charge in [0.05, 0.1) is 35.2 Å². The second kappa shape index (κ2) is 12.1. The number of amidine groups is 1. The number of carbonyl (C=O) groups is 1. The number of nitrogens with zero attached hydrogens (tertiary/aromatic N) is 4. The van der Waals surface area contributed by atoms with Crippen molar-refractivity contribution in [2.75, 3.05) is 25.2 Å². The molecule has 9 heteroatoms. The predicted octanol–water partition coefficient (Wildman–Crippen LogP) is 6.35. The number of rotatable bonds is 9. The number of carbonyl (C=O) groups excluding carboxylic acids is 1. The molecular weight excluding hydrogens is 518 g/mol. The van der Waals surface area contributed by atoms with E-state index in [1.54, 1.807) is 4.90 Å². The van der Waals surface area contributed by atoms with E-state index in [1.165, 1.54) is 12.0 Å². The number of pyridine rings is 1. The zero-order valence-corrected chi connectivity index (χ0v) is 26.5. The fourth-order valence-electron chi connectivity index (χ4n) is 6.08. The topological polar surface area (TPSA) is 99.8 Å². The summed E-state index contributed by atoms with van der Waals surface area (Å²) in [4.78, 5) is 25.0. The summed E-state index contributed by atoms with van der Waals surface area (Å²) >= 11 is 0. The maximum Gasteiger partial charge on any atom is 0.291 e. The highest BCUT2D eigenvalue weighted by Gasteiger charge is 2.40. The number of hydrogen-bond donors (Lipinski definition) is 1. The number of aliphatic imine (C=N–C) groups is 1. The lowest BCUT2D eigenvalue weighted by molar-refractivity contribution is -0.162. The van der Waals surface area contributed by atoms with Crippen molar-refractivity contribution < 1.29 is 14.3 Å². The number of amides is 1. The van der Waals surface area contributed by atoms with E-state index >= 15 is 0 Å². The minimum absolute atomic E-state index is 0.232. The number of nitrogens with one attached hydrogen (secondary N) is 1. The van der Waals surface area contributed by atoms with Crippen molar-refractivity contribution in [2.24, 2.45) is 4.99 Å². The van der Waals surface area contributed by atoms with Gasteiger partial charge in [-0.2, -0.15) is 5.26 Å². The summed E-state index contributed by atoms with van der Waals surface area (Å²) in [5.41, 5.74) is 3.30. The Morgan fingerprint density at radius 3 is 2.55 bits per heavy atom. The van der Waals surface area contributed by atoms with Crippen molar-refractivity contribution in [3.8, 4) is 6.07 Å². The van der Waals surface area contributed by atoms with Gasteiger partial charge in [0.15, 0.2) is 11.9 Å². The van der Waals surface area contributed by atoms with E-state index in [1.807, 2.05) is 6.07 Å². The average Bonchev–Trinajstić information content (AvgIpc) is 3.28. The van der Waals surface area contributed by atoms with Gasteiger partial charge < -0.3 is 19.7 Å². The molecule has 218 valence electrons. The van der Waals surface area contributed by atoms with Crippen LogP contribution in [0.3, 0.4) is 0 Å². The van der Waals surface area contributed by atoms with Crippen LogP contribution in [0.4, 0.5) is 5.69 Å². The van der Waals surface area contributed by atoms with Crippen LogP contribution >= 0.6 is 0 Å². The minimum Gasteiger partial charge on any atom is -0.370 e. The number of allylic oxidation sites excluding steroid dienone is 2. The molecule has 1 amide bonds. The summed E-state index contributed by atoms with van der Waals surface area (Å²) in [6, 6.07) is 6.69. The molecule has 3 heterocycles. The number of ether oxygens (including phenoxy) is 2. The lowest BCUT2D eigenvalue weighted by Crippen LogP contribution is -2.44. The van der Waals surface area contributed by atoms with Crippen molar-refractivity contribution in [2.45, 2.75) is 115 Å². The molecule has 1 N–H and O–H groups in total. The molecule has 3 aliphatic rings. The zero-order valence-electron chi connectivity index (χ0n) is 25.5. The van der Waals surface area contributed by atoms with Crippen LogP contribution < -0.4 is 5.32 Å². The standard InChI is InChI=1S/C31H47N5O3Si/c1-30(2)17-23(18-31(3,4)39-30)25-13-14-26(27(34-25)22-11-9-8-10-12-22)35-29(37)28-33-24(19-32)20-36(28)21-38-15-16-40(5,6)7/h11,13-14,23-24H,8-10,12,15-18,20-21H2,1-7H3,(H,35,37). The average molecular weight is 566 g/mol. The van der Waals surface area contributed by atoms with E-state index in [4.69, 9.17) is 14.5 Å². The number of anilines is 1. The van der Waals surface area contributed by atoms with E-state index in [2.05, 4.69) is 75.9 Å². The highest BCUT2D eigenvalue weighted by atomic mass is 28.3. The van der Waals surface area contributed by atoms with Crippen LogP contribution in [0.2, 0.25) is 25.7 Å². The van der Waals surface area contributed by atoms with Crippen LogP contribution in [-0.2, 0) is 14.3 Å². The molecule has 0 spiro atoms. The molecule has 2 aliphatic heterocycles. The SMILES string of the molecule is CC1(C)CC(c2ccc(NC(=O)C3=NC(C#N)CN3COCC[Si](C)(C)C)c(C3=CCCCC3)n2)CC(C)(C)O1. The first-order valence-electron chi connectivity index (χ1n) is 14.8. The lowest BCUT2D eigenvalue weighted by atomic mass is 9.79. The molecule has 0 bridgehead atoms. The molecule has 8 nitrogen and oxygen atoms in total. The number of hydrogen-bond acceptors (Lipinski definition) is 7. The Bertz CT molecular complexity index is 1180. The molecule has 4 rings (SSSR count). The molecule has 1 aromatic rings.